The molecule has 1 heterocycles. The first-order valence-electron chi connectivity index (χ1n) is 7.17. The lowest BCUT2D eigenvalue weighted by atomic mass is 10.2. The van der Waals surface area contributed by atoms with Gasteiger partial charge in [-0.3, -0.25) is 4.79 Å². The maximum absolute atomic E-state index is 12.0. The van der Waals surface area contributed by atoms with Crippen LogP contribution in [0.4, 0.5) is 5.69 Å². The van der Waals surface area contributed by atoms with Gasteiger partial charge in [-0.15, -0.1) is 0 Å². The van der Waals surface area contributed by atoms with E-state index in [0.717, 1.165) is 5.56 Å². The summed E-state index contributed by atoms with van der Waals surface area (Å²) >= 11 is 5.86. The van der Waals surface area contributed by atoms with Crippen LogP contribution in [0.1, 0.15) is 16.1 Å². The summed E-state index contributed by atoms with van der Waals surface area (Å²) in [6, 6.07) is 17.7. The second-order valence-corrected chi connectivity index (χ2v) is 5.43. The maximum atomic E-state index is 12.0. The van der Waals surface area contributed by atoms with Gasteiger partial charge in [0.05, 0.1) is 11.8 Å². The SMILES string of the molecule is Nc1ccccc1C(=O)N/N=C/c1ccc(-c2ccc(Cl)cc2)o1. The van der Waals surface area contributed by atoms with Crippen LogP contribution >= 0.6 is 11.6 Å². The van der Waals surface area contributed by atoms with Gasteiger partial charge in [-0.1, -0.05) is 23.7 Å². The van der Waals surface area contributed by atoms with Gasteiger partial charge >= 0.3 is 0 Å². The zero-order valence-corrected chi connectivity index (χ0v) is 13.3. The van der Waals surface area contributed by atoms with Crippen molar-refractivity contribution in [1.29, 1.82) is 0 Å². The number of hydrogen-bond donors (Lipinski definition) is 2. The van der Waals surface area contributed by atoms with Crippen molar-refractivity contribution in [1.82, 2.24) is 5.43 Å². The zero-order chi connectivity index (χ0) is 16.9. The zero-order valence-electron chi connectivity index (χ0n) is 12.6. The first-order chi connectivity index (χ1) is 11.6. The van der Waals surface area contributed by atoms with Gasteiger partial charge < -0.3 is 10.2 Å². The number of hydrogen-bond acceptors (Lipinski definition) is 4. The molecule has 24 heavy (non-hydrogen) atoms. The molecule has 0 unspecified atom stereocenters. The molecule has 0 atom stereocenters. The molecule has 0 saturated carbocycles. The molecule has 1 amide bonds. The number of benzene rings is 2. The number of anilines is 1. The largest absolute Gasteiger partial charge is 0.455 e. The molecule has 0 spiro atoms. The van der Waals surface area contributed by atoms with E-state index in [-0.39, 0.29) is 5.91 Å². The van der Waals surface area contributed by atoms with Crippen LogP contribution in [0.5, 0.6) is 0 Å². The normalized spacial score (nSPS) is 10.9. The molecule has 3 rings (SSSR count). The van der Waals surface area contributed by atoms with Gasteiger partial charge in [-0.2, -0.15) is 5.10 Å². The monoisotopic (exact) mass is 339 g/mol. The summed E-state index contributed by atoms with van der Waals surface area (Å²) in [4.78, 5) is 12.0. The Bertz CT molecular complexity index is 885. The summed E-state index contributed by atoms with van der Waals surface area (Å²) < 4.78 is 5.65. The third kappa shape index (κ3) is 3.64. The van der Waals surface area contributed by atoms with Crippen molar-refractivity contribution >= 4 is 29.4 Å². The summed E-state index contributed by atoms with van der Waals surface area (Å²) in [5.74, 6) is 0.821. The number of para-hydroxylation sites is 1. The number of halogens is 1. The van der Waals surface area contributed by atoms with Crippen LogP contribution in [-0.2, 0) is 0 Å². The highest BCUT2D eigenvalue weighted by molar-refractivity contribution is 6.30. The Morgan fingerprint density at radius 3 is 2.58 bits per heavy atom. The minimum absolute atomic E-state index is 0.371. The van der Waals surface area contributed by atoms with Crippen molar-refractivity contribution in [2.75, 3.05) is 5.73 Å². The number of nitrogens with zero attached hydrogens (tertiary/aromatic N) is 1. The van der Waals surface area contributed by atoms with Crippen LogP contribution in [0.2, 0.25) is 5.02 Å². The summed E-state index contributed by atoms with van der Waals surface area (Å²) in [5.41, 5.74) is 9.83. The number of nitrogen functional groups attached to an aromatic ring is 1. The average Bonchev–Trinajstić information content (AvgIpc) is 3.04. The van der Waals surface area contributed by atoms with E-state index >= 15 is 0 Å². The van der Waals surface area contributed by atoms with Crippen LogP contribution in [0.3, 0.4) is 0 Å². The first-order valence-corrected chi connectivity index (χ1v) is 7.55. The minimum atomic E-state index is -0.381. The van der Waals surface area contributed by atoms with E-state index in [9.17, 15) is 4.79 Å². The van der Waals surface area contributed by atoms with E-state index in [1.807, 2.05) is 18.2 Å². The number of hydrazone groups is 1. The summed E-state index contributed by atoms with van der Waals surface area (Å²) in [7, 11) is 0. The lowest BCUT2D eigenvalue weighted by Gasteiger charge is -2.02. The van der Waals surface area contributed by atoms with Gasteiger partial charge in [0.1, 0.15) is 11.5 Å². The highest BCUT2D eigenvalue weighted by Crippen LogP contribution is 2.23. The molecule has 0 saturated heterocycles. The Labute approximate surface area is 143 Å². The fourth-order valence-electron chi connectivity index (χ4n) is 2.11. The Morgan fingerprint density at radius 1 is 1.08 bits per heavy atom. The number of furan rings is 1. The summed E-state index contributed by atoms with van der Waals surface area (Å²) in [5, 5.41) is 4.55. The van der Waals surface area contributed by atoms with Crippen molar-refractivity contribution in [2.24, 2.45) is 5.10 Å². The lowest BCUT2D eigenvalue weighted by Crippen LogP contribution is -2.18. The molecule has 0 aliphatic rings. The van der Waals surface area contributed by atoms with E-state index in [0.29, 0.717) is 27.8 Å². The van der Waals surface area contributed by atoms with Crippen LogP contribution in [-0.4, -0.2) is 12.1 Å². The Kier molecular flexibility index (Phi) is 4.63. The van der Waals surface area contributed by atoms with Crippen LogP contribution in [0.15, 0.2) is 70.2 Å². The third-order valence-corrected chi connectivity index (χ3v) is 3.57. The van der Waals surface area contributed by atoms with Gasteiger partial charge in [0.2, 0.25) is 0 Å². The van der Waals surface area contributed by atoms with E-state index in [2.05, 4.69) is 10.5 Å². The number of rotatable bonds is 4. The number of nitrogens with two attached hydrogens (primary N) is 1. The molecular formula is C18H14ClN3O2. The number of carbonyl (C=O) groups is 1. The van der Waals surface area contributed by atoms with E-state index in [4.69, 9.17) is 21.8 Å². The molecule has 5 nitrogen and oxygen atoms in total. The maximum Gasteiger partial charge on any atom is 0.273 e. The van der Waals surface area contributed by atoms with Crippen LogP contribution in [0, 0.1) is 0 Å². The number of carbonyl (C=O) groups excluding carboxylic acids is 1. The van der Waals surface area contributed by atoms with E-state index in [1.165, 1.54) is 6.21 Å². The molecule has 0 aliphatic carbocycles. The molecular weight excluding hydrogens is 326 g/mol. The first kappa shape index (κ1) is 15.8. The van der Waals surface area contributed by atoms with E-state index in [1.54, 1.807) is 42.5 Å². The molecule has 1 aromatic heterocycles. The Morgan fingerprint density at radius 2 is 1.83 bits per heavy atom. The second-order valence-electron chi connectivity index (χ2n) is 5.00. The molecule has 0 bridgehead atoms. The van der Waals surface area contributed by atoms with Crippen LogP contribution in [0.25, 0.3) is 11.3 Å². The highest BCUT2D eigenvalue weighted by Gasteiger charge is 2.07. The van der Waals surface area contributed by atoms with Gasteiger partial charge in [0.15, 0.2) is 0 Å². The molecule has 3 N–H and O–H groups in total. The highest BCUT2D eigenvalue weighted by atomic mass is 35.5. The van der Waals surface area contributed by atoms with Crippen molar-refractivity contribution in [2.45, 2.75) is 0 Å². The number of amides is 1. The van der Waals surface area contributed by atoms with Crippen molar-refractivity contribution in [3.8, 4) is 11.3 Å². The quantitative estimate of drug-likeness (QED) is 0.429. The Balaban J connectivity index is 1.66. The van der Waals surface area contributed by atoms with E-state index < -0.39 is 0 Å². The van der Waals surface area contributed by atoms with Crippen molar-refractivity contribution in [3.63, 3.8) is 0 Å². The molecule has 2 aromatic carbocycles. The predicted octanol–water partition coefficient (Wildman–Crippen LogP) is 3.95. The summed E-state index contributed by atoms with van der Waals surface area (Å²) in [6.45, 7) is 0. The predicted molar refractivity (Wildman–Crippen MR) is 95.1 cm³/mol. The molecule has 0 radical (unpaired) electrons. The molecule has 6 heteroatoms. The number of nitrogens with one attached hydrogen (secondary N) is 1. The van der Waals surface area contributed by atoms with Crippen molar-refractivity contribution in [3.05, 3.63) is 77.0 Å². The molecule has 0 fully saturated rings. The van der Waals surface area contributed by atoms with Gasteiger partial charge in [-0.05, 0) is 48.5 Å². The lowest BCUT2D eigenvalue weighted by molar-refractivity contribution is 0.0956. The van der Waals surface area contributed by atoms with Crippen molar-refractivity contribution < 1.29 is 9.21 Å². The smallest absolute Gasteiger partial charge is 0.273 e. The fraction of sp³-hybridized carbons (Fsp3) is 0. The fourth-order valence-corrected chi connectivity index (χ4v) is 2.24. The molecule has 3 aromatic rings. The topological polar surface area (TPSA) is 80.6 Å². The van der Waals surface area contributed by atoms with Gasteiger partial charge in [0.25, 0.3) is 5.91 Å². The standard InChI is InChI=1S/C18H14ClN3O2/c19-13-7-5-12(6-8-13)17-10-9-14(24-17)11-21-22-18(23)15-3-1-2-4-16(15)20/h1-11H,20H2,(H,22,23)/b21-11+. The minimum Gasteiger partial charge on any atom is -0.455 e. The van der Waals surface area contributed by atoms with Gasteiger partial charge in [0, 0.05) is 16.3 Å². The molecule has 0 aliphatic heterocycles. The average molecular weight is 340 g/mol. The third-order valence-electron chi connectivity index (χ3n) is 3.32. The summed E-state index contributed by atoms with van der Waals surface area (Å²) in [6.07, 6.45) is 1.43. The van der Waals surface area contributed by atoms with Crippen LogP contribution < -0.4 is 11.2 Å². The molecule has 120 valence electrons. The Hall–Kier alpha value is -3.05. The van der Waals surface area contributed by atoms with Gasteiger partial charge in [-0.25, -0.2) is 5.43 Å². The second kappa shape index (κ2) is 7.02.